The number of carbonyl (C=O) groups is 1. The fourth-order valence-corrected chi connectivity index (χ4v) is 1.46. The highest BCUT2D eigenvalue weighted by atomic mass is 16.5. The van der Waals surface area contributed by atoms with E-state index in [0.29, 0.717) is 5.75 Å². The molecule has 0 saturated heterocycles. The largest absolute Gasteiger partial charge is 0.507 e. The van der Waals surface area contributed by atoms with Crippen molar-refractivity contribution < 1.29 is 14.6 Å². The Kier molecular flexibility index (Phi) is 3.10. The summed E-state index contributed by atoms with van der Waals surface area (Å²) in [6.45, 7) is 1.84. The Morgan fingerprint density at radius 1 is 1.12 bits per heavy atom. The van der Waals surface area contributed by atoms with Crippen molar-refractivity contribution in [2.24, 2.45) is 0 Å². The summed E-state index contributed by atoms with van der Waals surface area (Å²) >= 11 is 0. The third-order valence-electron chi connectivity index (χ3n) is 2.33. The van der Waals surface area contributed by atoms with Crippen LogP contribution in [-0.2, 0) is 0 Å². The van der Waals surface area contributed by atoms with Crippen LogP contribution in [0.1, 0.15) is 15.9 Å². The Balaban J connectivity index is 2.21. The Hall–Kier alpha value is -2.29. The van der Waals surface area contributed by atoms with Crippen LogP contribution < -0.4 is 4.74 Å². The van der Waals surface area contributed by atoms with Gasteiger partial charge in [-0.2, -0.15) is 0 Å². The quantitative estimate of drug-likeness (QED) is 0.635. The average molecular weight is 228 g/mol. The van der Waals surface area contributed by atoms with E-state index in [1.54, 1.807) is 36.4 Å². The van der Waals surface area contributed by atoms with Gasteiger partial charge in [-0.15, -0.1) is 0 Å². The van der Waals surface area contributed by atoms with E-state index in [1.165, 1.54) is 6.07 Å². The highest BCUT2D eigenvalue weighted by Gasteiger charge is 2.13. The molecule has 0 aliphatic heterocycles. The maximum Gasteiger partial charge on any atom is 0.347 e. The Labute approximate surface area is 99.3 Å². The summed E-state index contributed by atoms with van der Waals surface area (Å²) in [6.07, 6.45) is 0. The third-order valence-corrected chi connectivity index (χ3v) is 2.33. The molecule has 0 bridgehead atoms. The summed E-state index contributed by atoms with van der Waals surface area (Å²) in [5, 5.41) is 9.64. The second kappa shape index (κ2) is 4.70. The molecule has 1 N–H and O–H groups in total. The van der Waals surface area contributed by atoms with Crippen molar-refractivity contribution in [3.8, 4) is 11.5 Å². The first kappa shape index (κ1) is 11.2. The molecule has 3 heteroatoms. The molecule has 0 saturated carbocycles. The van der Waals surface area contributed by atoms with Crippen LogP contribution in [0.2, 0.25) is 0 Å². The molecule has 0 heterocycles. The van der Waals surface area contributed by atoms with Gasteiger partial charge in [0.25, 0.3) is 0 Å². The number of hydrogen-bond donors (Lipinski definition) is 1. The summed E-state index contributed by atoms with van der Waals surface area (Å²) in [5.74, 6) is -0.169. The number of para-hydroxylation sites is 1. The molecule has 2 aromatic carbocycles. The number of phenols is 1. The lowest BCUT2D eigenvalue weighted by Gasteiger charge is -2.06. The van der Waals surface area contributed by atoms with Gasteiger partial charge in [0.2, 0.25) is 0 Å². The molecule has 0 spiro atoms. The van der Waals surface area contributed by atoms with Gasteiger partial charge in [0.1, 0.15) is 17.1 Å². The number of phenolic OH excluding ortho intramolecular Hbond substituents is 1. The zero-order chi connectivity index (χ0) is 12.3. The van der Waals surface area contributed by atoms with Gasteiger partial charge in [0.05, 0.1) is 0 Å². The van der Waals surface area contributed by atoms with Crippen LogP contribution in [-0.4, -0.2) is 11.1 Å². The van der Waals surface area contributed by atoms with E-state index >= 15 is 0 Å². The molecule has 0 aliphatic carbocycles. The first-order valence-corrected chi connectivity index (χ1v) is 5.23. The molecule has 2 rings (SSSR count). The number of hydrogen-bond acceptors (Lipinski definition) is 3. The van der Waals surface area contributed by atoms with Crippen LogP contribution in [0.3, 0.4) is 0 Å². The van der Waals surface area contributed by atoms with E-state index in [1.807, 2.05) is 13.0 Å². The van der Waals surface area contributed by atoms with Gasteiger partial charge in [0.15, 0.2) is 0 Å². The van der Waals surface area contributed by atoms with Crippen LogP contribution in [0.4, 0.5) is 0 Å². The van der Waals surface area contributed by atoms with E-state index in [2.05, 4.69) is 0 Å². The van der Waals surface area contributed by atoms with Crippen LogP contribution in [0, 0.1) is 6.92 Å². The topological polar surface area (TPSA) is 46.5 Å². The minimum Gasteiger partial charge on any atom is -0.507 e. The molecule has 17 heavy (non-hydrogen) atoms. The van der Waals surface area contributed by atoms with E-state index in [9.17, 15) is 9.90 Å². The number of esters is 1. The van der Waals surface area contributed by atoms with Crippen molar-refractivity contribution in [2.45, 2.75) is 6.92 Å². The molecular formula is C14H12O3. The highest BCUT2D eigenvalue weighted by Crippen LogP contribution is 2.20. The number of aryl methyl sites for hydroxylation is 1. The van der Waals surface area contributed by atoms with Gasteiger partial charge in [-0.1, -0.05) is 24.3 Å². The van der Waals surface area contributed by atoms with Gasteiger partial charge in [-0.3, -0.25) is 0 Å². The van der Waals surface area contributed by atoms with E-state index < -0.39 is 5.97 Å². The van der Waals surface area contributed by atoms with Crippen molar-refractivity contribution in [3.05, 3.63) is 59.7 Å². The number of ether oxygens (including phenoxy) is 1. The first-order valence-electron chi connectivity index (χ1n) is 5.23. The summed E-state index contributed by atoms with van der Waals surface area (Å²) in [5.41, 5.74) is 1.05. The SMILES string of the molecule is Cc1ccc(C(=O)Oc2ccccc2)c(O)c1. The second-order valence-electron chi connectivity index (χ2n) is 3.72. The zero-order valence-corrected chi connectivity index (χ0v) is 9.38. The van der Waals surface area contributed by atoms with Gasteiger partial charge < -0.3 is 9.84 Å². The molecule has 86 valence electrons. The third kappa shape index (κ3) is 2.64. The van der Waals surface area contributed by atoms with Crippen molar-refractivity contribution in [1.82, 2.24) is 0 Å². The standard InChI is InChI=1S/C14H12O3/c1-10-7-8-12(13(15)9-10)14(16)17-11-5-3-2-4-6-11/h2-9,15H,1H3. The predicted octanol–water partition coefficient (Wildman–Crippen LogP) is 2.92. The maximum absolute atomic E-state index is 11.8. The summed E-state index contributed by atoms with van der Waals surface area (Å²) < 4.78 is 5.12. The number of carbonyl (C=O) groups excluding carboxylic acids is 1. The minimum atomic E-state index is -0.561. The Morgan fingerprint density at radius 2 is 1.82 bits per heavy atom. The molecule has 0 atom stereocenters. The maximum atomic E-state index is 11.8. The Bertz CT molecular complexity index is 532. The first-order chi connectivity index (χ1) is 8.16. The van der Waals surface area contributed by atoms with Crippen LogP contribution in [0.5, 0.6) is 11.5 Å². The van der Waals surface area contributed by atoms with Crippen molar-refractivity contribution in [3.63, 3.8) is 0 Å². The lowest BCUT2D eigenvalue weighted by Crippen LogP contribution is -2.08. The summed E-state index contributed by atoms with van der Waals surface area (Å²) in [6, 6.07) is 13.6. The lowest BCUT2D eigenvalue weighted by molar-refractivity contribution is 0.0731. The molecule has 0 aromatic heterocycles. The van der Waals surface area contributed by atoms with Gasteiger partial charge in [0, 0.05) is 0 Å². The van der Waals surface area contributed by atoms with Crippen LogP contribution >= 0.6 is 0 Å². The van der Waals surface area contributed by atoms with Crippen LogP contribution in [0.25, 0.3) is 0 Å². The van der Waals surface area contributed by atoms with E-state index in [4.69, 9.17) is 4.74 Å². The van der Waals surface area contributed by atoms with Gasteiger partial charge in [-0.05, 0) is 36.8 Å². The molecule has 0 aliphatic rings. The zero-order valence-electron chi connectivity index (χ0n) is 9.38. The minimum absolute atomic E-state index is 0.0640. The lowest BCUT2D eigenvalue weighted by atomic mass is 10.1. The molecule has 0 radical (unpaired) electrons. The van der Waals surface area contributed by atoms with Crippen molar-refractivity contribution in [2.75, 3.05) is 0 Å². The van der Waals surface area contributed by atoms with E-state index in [0.717, 1.165) is 5.56 Å². The normalized spacial score (nSPS) is 9.94. The summed E-state index contributed by atoms with van der Waals surface area (Å²) in [4.78, 5) is 11.8. The summed E-state index contributed by atoms with van der Waals surface area (Å²) in [7, 11) is 0. The highest BCUT2D eigenvalue weighted by molar-refractivity contribution is 5.93. The number of benzene rings is 2. The predicted molar refractivity (Wildman–Crippen MR) is 64.2 cm³/mol. The fourth-order valence-electron chi connectivity index (χ4n) is 1.46. The molecule has 0 amide bonds. The molecule has 0 fully saturated rings. The Morgan fingerprint density at radius 3 is 2.47 bits per heavy atom. The molecule has 0 unspecified atom stereocenters. The fraction of sp³-hybridized carbons (Fsp3) is 0.0714. The van der Waals surface area contributed by atoms with Crippen molar-refractivity contribution in [1.29, 1.82) is 0 Å². The van der Waals surface area contributed by atoms with Gasteiger partial charge >= 0.3 is 5.97 Å². The van der Waals surface area contributed by atoms with Crippen molar-refractivity contribution >= 4 is 5.97 Å². The molecule has 3 nitrogen and oxygen atoms in total. The molecule has 2 aromatic rings. The smallest absolute Gasteiger partial charge is 0.347 e. The van der Waals surface area contributed by atoms with Gasteiger partial charge in [-0.25, -0.2) is 4.79 Å². The number of aromatic hydroxyl groups is 1. The van der Waals surface area contributed by atoms with Crippen LogP contribution in [0.15, 0.2) is 48.5 Å². The number of rotatable bonds is 2. The monoisotopic (exact) mass is 228 g/mol. The average Bonchev–Trinajstić information content (AvgIpc) is 2.30. The molecular weight excluding hydrogens is 216 g/mol. The van der Waals surface area contributed by atoms with E-state index in [-0.39, 0.29) is 11.3 Å². The second-order valence-corrected chi connectivity index (χ2v) is 3.72.